The van der Waals surface area contributed by atoms with E-state index in [0.29, 0.717) is 33.7 Å². The quantitative estimate of drug-likeness (QED) is 0.486. The zero-order valence-electron chi connectivity index (χ0n) is 17.1. The van der Waals surface area contributed by atoms with Crippen molar-refractivity contribution in [2.24, 2.45) is 0 Å². The maximum atomic E-state index is 14.3. The van der Waals surface area contributed by atoms with Crippen LogP contribution in [0, 0.1) is 0 Å². The first-order valence-electron chi connectivity index (χ1n) is 9.81. The molecule has 3 rings (SSSR count). The van der Waals surface area contributed by atoms with Gasteiger partial charge in [0.15, 0.2) is 7.14 Å². The van der Waals surface area contributed by atoms with Crippen molar-refractivity contribution in [2.45, 2.75) is 12.5 Å². The van der Waals surface area contributed by atoms with E-state index >= 15 is 0 Å². The number of hydrogen-bond donors (Lipinski definition) is 2. The predicted molar refractivity (Wildman–Crippen MR) is 128 cm³/mol. The van der Waals surface area contributed by atoms with Crippen molar-refractivity contribution in [3.63, 3.8) is 0 Å². The summed E-state index contributed by atoms with van der Waals surface area (Å²) in [5.74, 6) is -0.890. The summed E-state index contributed by atoms with van der Waals surface area (Å²) >= 11 is 1.53. The molecule has 2 N–H and O–H groups in total. The number of aliphatic carboxylic acids is 1. The second kappa shape index (κ2) is 10.5. The molecular formula is C24H24NO4PS. The minimum absolute atomic E-state index is 0.326. The van der Waals surface area contributed by atoms with E-state index in [1.807, 2.05) is 66.9 Å². The number of nitrogens with one attached hydrogen (secondary N) is 1. The van der Waals surface area contributed by atoms with Gasteiger partial charge in [0.05, 0.1) is 0 Å². The molecule has 0 aliphatic heterocycles. The van der Waals surface area contributed by atoms with Crippen LogP contribution in [-0.4, -0.2) is 35.0 Å². The van der Waals surface area contributed by atoms with Gasteiger partial charge in [0.25, 0.3) is 5.91 Å². The summed E-state index contributed by atoms with van der Waals surface area (Å²) in [5, 5.41) is 13.9. The van der Waals surface area contributed by atoms with Crippen LogP contribution >= 0.6 is 18.9 Å². The summed E-state index contributed by atoms with van der Waals surface area (Å²) in [6.07, 6.45) is 2.23. The fourth-order valence-electron chi connectivity index (χ4n) is 3.28. The van der Waals surface area contributed by atoms with Gasteiger partial charge in [0, 0.05) is 21.5 Å². The van der Waals surface area contributed by atoms with Crippen LogP contribution in [0.2, 0.25) is 0 Å². The van der Waals surface area contributed by atoms with E-state index in [9.17, 15) is 19.3 Å². The SMILES string of the molecule is CSCC[C@H](NC(=O)c1ccc(P(=O)(c2ccccc2)c2ccccc2)cc1)C(=O)O. The first kappa shape index (κ1) is 22.9. The van der Waals surface area contributed by atoms with Crippen molar-refractivity contribution >= 4 is 46.7 Å². The molecule has 0 radical (unpaired) electrons. The molecule has 0 heterocycles. The first-order chi connectivity index (χ1) is 15.0. The fourth-order valence-corrected chi connectivity index (χ4v) is 6.40. The average Bonchev–Trinajstić information content (AvgIpc) is 2.82. The molecule has 0 aromatic heterocycles. The summed E-state index contributed by atoms with van der Waals surface area (Å²) < 4.78 is 14.3. The zero-order chi connectivity index (χ0) is 22.3. The Balaban J connectivity index is 1.91. The van der Waals surface area contributed by atoms with Crippen LogP contribution in [0.15, 0.2) is 84.9 Å². The van der Waals surface area contributed by atoms with Gasteiger partial charge < -0.3 is 15.0 Å². The number of rotatable bonds is 9. The van der Waals surface area contributed by atoms with Gasteiger partial charge in [-0.15, -0.1) is 0 Å². The molecule has 3 aromatic rings. The van der Waals surface area contributed by atoms with Crippen molar-refractivity contribution in [2.75, 3.05) is 12.0 Å². The second-order valence-corrected chi connectivity index (χ2v) is 10.7. The van der Waals surface area contributed by atoms with Crippen molar-refractivity contribution in [1.29, 1.82) is 0 Å². The van der Waals surface area contributed by atoms with Crippen molar-refractivity contribution < 1.29 is 19.3 Å². The largest absolute Gasteiger partial charge is 0.480 e. The molecule has 1 atom stereocenters. The van der Waals surface area contributed by atoms with Gasteiger partial charge in [0.1, 0.15) is 6.04 Å². The number of carboxylic acid groups (broad SMARTS) is 1. The second-order valence-electron chi connectivity index (χ2n) is 6.97. The standard InChI is InChI=1S/C24H24NO4PS/c1-31-17-16-22(24(27)28)25-23(26)18-12-14-21(15-13-18)30(29,19-8-4-2-5-9-19)20-10-6-3-7-11-20/h2-15,22H,16-17H2,1H3,(H,25,26)(H,27,28)/t22-/m0/s1. The van der Waals surface area contributed by atoms with Gasteiger partial charge in [-0.05, 0) is 30.6 Å². The fraction of sp³-hybridized carbons (Fsp3) is 0.167. The summed E-state index contributed by atoms with van der Waals surface area (Å²) in [4.78, 5) is 24.0. The van der Waals surface area contributed by atoms with Gasteiger partial charge in [-0.3, -0.25) is 4.79 Å². The Labute approximate surface area is 186 Å². The van der Waals surface area contributed by atoms with E-state index in [1.54, 1.807) is 24.3 Å². The monoisotopic (exact) mass is 453 g/mol. The van der Waals surface area contributed by atoms with Crippen LogP contribution in [0.3, 0.4) is 0 Å². The van der Waals surface area contributed by atoms with E-state index in [2.05, 4.69) is 5.32 Å². The molecular weight excluding hydrogens is 429 g/mol. The maximum Gasteiger partial charge on any atom is 0.326 e. The van der Waals surface area contributed by atoms with E-state index in [-0.39, 0.29) is 0 Å². The number of carbonyl (C=O) groups is 2. The molecule has 0 bridgehead atoms. The molecule has 0 saturated carbocycles. The van der Waals surface area contributed by atoms with Gasteiger partial charge in [0.2, 0.25) is 0 Å². The van der Waals surface area contributed by atoms with Gasteiger partial charge in [-0.2, -0.15) is 11.8 Å². The lowest BCUT2D eigenvalue weighted by atomic mass is 10.1. The number of benzene rings is 3. The molecule has 1 amide bonds. The van der Waals surface area contributed by atoms with Crippen molar-refractivity contribution in [3.05, 3.63) is 90.5 Å². The molecule has 0 aliphatic rings. The summed E-state index contributed by atoms with van der Waals surface area (Å²) in [6, 6.07) is 24.2. The molecule has 5 nitrogen and oxygen atoms in total. The summed E-state index contributed by atoms with van der Waals surface area (Å²) in [5.41, 5.74) is 0.326. The highest BCUT2D eigenvalue weighted by molar-refractivity contribution is 7.98. The Hall–Kier alpha value is -2.82. The highest BCUT2D eigenvalue weighted by atomic mass is 32.2. The molecule has 0 unspecified atom stereocenters. The predicted octanol–water partition coefficient (Wildman–Crippen LogP) is 3.26. The number of carbonyl (C=O) groups excluding carboxylic acids is 1. The summed E-state index contributed by atoms with van der Waals surface area (Å²) in [7, 11) is -3.11. The highest BCUT2D eigenvalue weighted by Gasteiger charge is 2.29. The lowest BCUT2D eigenvalue weighted by Crippen LogP contribution is -2.41. The average molecular weight is 454 g/mol. The van der Waals surface area contributed by atoms with Crippen LogP contribution in [0.1, 0.15) is 16.8 Å². The van der Waals surface area contributed by atoms with Crippen molar-refractivity contribution in [1.82, 2.24) is 5.32 Å². The van der Waals surface area contributed by atoms with Gasteiger partial charge in [-0.25, -0.2) is 4.79 Å². The molecule has 0 spiro atoms. The number of thioether (sulfide) groups is 1. The smallest absolute Gasteiger partial charge is 0.326 e. The topological polar surface area (TPSA) is 83.5 Å². The van der Waals surface area contributed by atoms with E-state index in [0.717, 1.165) is 0 Å². The molecule has 3 aromatic carbocycles. The minimum Gasteiger partial charge on any atom is -0.480 e. The Bertz CT molecular complexity index is 1030. The van der Waals surface area contributed by atoms with Crippen LogP contribution in [0.25, 0.3) is 0 Å². The Morgan fingerprint density at radius 1 is 0.871 bits per heavy atom. The minimum atomic E-state index is -3.11. The lowest BCUT2D eigenvalue weighted by Gasteiger charge is -2.20. The van der Waals surface area contributed by atoms with Crippen LogP contribution in [-0.2, 0) is 9.36 Å². The Morgan fingerprint density at radius 2 is 1.35 bits per heavy atom. The Morgan fingerprint density at radius 3 is 1.81 bits per heavy atom. The zero-order valence-corrected chi connectivity index (χ0v) is 18.8. The van der Waals surface area contributed by atoms with Crippen LogP contribution < -0.4 is 21.2 Å². The molecule has 0 saturated heterocycles. The van der Waals surface area contributed by atoms with E-state index in [1.165, 1.54) is 11.8 Å². The Kier molecular flexibility index (Phi) is 7.72. The molecule has 160 valence electrons. The van der Waals surface area contributed by atoms with Crippen molar-refractivity contribution in [3.8, 4) is 0 Å². The lowest BCUT2D eigenvalue weighted by molar-refractivity contribution is -0.139. The maximum absolute atomic E-state index is 14.3. The number of amides is 1. The molecule has 7 heteroatoms. The van der Waals surface area contributed by atoms with Gasteiger partial charge in [-0.1, -0.05) is 72.8 Å². The molecule has 0 aliphatic carbocycles. The van der Waals surface area contributed by atoms with E-state index < -0.39 is 25.1 Å². The van der Waals surface area contributed by atoms with Gasteiger partial charge >= 0.3 is 5.97 Å². The van der Waals surface area contributed by atoms with Crippen LogP contribution in [0.5, 0.6) is 0 Å². The summed E-state index contributed by atoms with van der Waals surface area (Å²) in [6.45, 7) is 0. The number of carboxylic acids is 1. The third-order valence-electron chi connectivity index (χ3n) is 4.95. The first-order valence-corrected chi connectivity index (χ1v) is 12.9. The third-order valence-corrected chi connectivity index (χ3v) is 8.67. The normalized spacial score (nSPS) is 12.2. The molecule has 0 fully saturated rings. The number of hydrogen-bond acceptors (Lipinski definition) is 4. The van der Waals surface area contributed by atoms with Crippen LogP contribution in [0.4, 0.5) is 0 Å². The highest BCUT2D eigenvalue weighted by Crippen LogP contribution is 2.42. The molecule has 31 heavy (non-hydrogen) atoms. The van der Waals surface area contributed by atoms with E-state index in [4.69, 9.17) is 0 Å². The third kappa shape index (κ3) is 5.27.